The van der Waals surface area contributed by atoms with Crippen LogP contribution in [0.25, 0.3) is 11.1 Å². The molecule has 0 radical (unpaired) electrons. The third-order valence-corrected chi connectivity index (χ3v) is 10.5. The summed E-state index contributed by atoms with van der Waals surface area (Å²) in [7, 11) is 0. The molecule has 1 aliphatic carbocycles. The maximum absolute atomic E-state index is 13.1. The van der Waals surface area contributed by atoms with E-state index in [9.17, 15) is 24.3 Å². The molecular weight excluding hydrogens is 670 g/mol. The highest BCUT2D eigenvalue weighted by atomic mass is 16.6. The van der Waals surface area contributed by atoms with Crippen LogP contribution in [0.4, 0.5) is 4.79 Å². The number of amides is 1. The highest BCUT2D eigenvalue weighted by Gasteiger charge is 2.37. The molecule has 0 fully saturated rings. The zero-order chi connectivity index (χ0) is 38.5. The number of carbonyl (C=O) groups excluding carboxylic acids is 3. The predicted molar refractivity (Wildman–Crippen MR) is 208 cm³/mol. The van der Waals surface area contributed by atoms with Crippen LogP contribution in [-0.4, -0.2) is 48.4 Å². The van der Waals surface area contributed by atoms with Crippen LogP contribution in [0, 0.1) is 11.3 Å². The Bertz CT molecular complexity index is 1440. The van der Waals surface area contributed by atoms with E-state index in [1.165, 1.54) is 95.1 Å². The van der Waals surface area contributed by atoms with Crippen LogP contribution >= 0.6 is 0 Å². The molecule has 1 amide bonds. The van der Waals surface area contributed by atoms with Crippen molar-refractivity contribution in [1.29, 1.82) is 0 Å². The van der Waals surface area contributed by atoms with Gasteiger partial charge >= 0.3 is 24.0 Å². The molecule has 1 aliphatic rings. The van der Waals surface area contributed by atoms with Gasteiger partial charge in [0.15, 0.2) is 0 Å². The average molecular weight is 736 g/mol. The fourth-order valence-electron chi connectivity index (χ4n) is 6.83. The summed E-state index contributed by atoms with van der Waals surface area (Å²) in [6.45, 7) is 6.72. The predicted octanol–water partition coefficient (Wildman–Crippen LogP) is 10.3. The molecule has 0 bridgehead atoms. The standard InChI is InChI=1S/C44H65NO8/c1-5-6-7-8-9-10-11-12-13-14-15-16-17-18-19-27-39(46)51-29-28-44(4,42(48)49)32-53-41(47)40(33(2)3)45-43(50)52-31-35-24-22-26-37-36-25-21-20-23-34(36)30-38(35)37/h20-26,33,40H,5-19,27-32H2,1-4H3,(H,45,50)(H,48,49)/t40-,44?/m0/s1. The van der Waals surface area contributed by atoms with Gasteiger partial charge in [-0.05, 0) is 53.5 Å². The van der Waals surface area contributed by atoms with Gasteiger partial charge in [-0.3, -0.25) is 9.59 Å². The molecule has 294 valence electrons. The Morgan fingerprint density at radius 1 is 0.755 bits per heavy atom. The molecule has 0 saturated heterocycles. The molecule has 0 saturated carbocycles. The molecule has 3 rings (SSSR count). The number of hydrogen-bond donors (Lipinski definition) is 2. The Kier molecular flexibility index (Phi) is 19.5. The van der Waals surface area contributed by atoms with Gasteiger partial charge in [-0.1, -0.05) is 153 Å². The maximum Gasteiger partial charge on any atom is 0.408 e. The van der Waals surface area contributed by atoms with Gasteiger partial charge in [-0.15, -0.1) is 0 Å². The first-order valence-corrected chi connectivity index (χ1v) is 20.2. The minimum Gasteiger partial charge on any atom is -0.481 e. The van der Waals surface area contributed by atoms with Crippen molar-refractivity contribution in [3.8, 4) is 11.1 Å². The normalized spacial score (nSPS) is 13.5. The Morgan fingerprint density at radius 2 is 1.34 bits per heavy atom. The third kappa shape index (κ3) is 15.2. The second kappa shape index (κ2) is 23.7. The number of carboxylic acid groups (broad SMARTS) is 1. The van der Waals surface area contributed by atoms with E-state index in [-0.39, 0.29) is 31.5 Å². The van der Waals surface area contributed by atoms with E-state index in [2.05, 4.69) is 30.4 Å². The van der Waals surface area contributed by atoms with Crippen LogP contribution in [-0.2, 0) is 41.6 Å². The van der Waals surface area contributed by atoms with E-state index < -0.39 is 36.1 Å². The second-order valence-electron chi connectivity index (χ2n) is 15.4. The van der Waals surface area contributed by atoms with Crippen LogP contribution in [0.15, 0.2) is 42.5 Å². The lowest BCUT2D eigenvalue weighted by Crippen LogP contribution is -2.47. The molecule has 1 unspecified atom stereocenters. The Hall–Kier alpha value is -3.88. The largest absolute Gasteiger partial charge is 0.481 e. The number of unbranched alkanes of at least 4 members (excludes halogenated alkanes) is 14. The van der Waals surface area contributed by atoms with Gasteiger partial charge in [-0.2, -0.15) is 0 Å². The summed E-state index contributed by atoms with van der Waals surface area (Å²) >= 11 is 0. The number of aliphatic carboxylic acids is 1. The fraction of sp³-hybridized carbons (Fsp3) is 0.636. The van der Waals surface area contributed by atoms with E-state index in [1.807, 2.05) is 24.3 Å². The Morgan fingerprint density at radius 3 is 1.94 bits per heavy atom. The molecule has 2 N–H and O–H groups in total. The highest BCUT2D eigenvalue weighted by Crippen LogP contribution is 2.38. The molecular formula is C44H65NO8. The third-order valence-electron chi connectivity index (χ3n) is 10.5. The SMILES string of the molecule is CCCCCCCCCCCCCCCCCC(=O)OCCC(C)(COC(=O)[C@@H](NC(=O)OCc1cccc2c1Cc1ccccc1-2)C(C)C)C(=O)O. The molecule has 0 aromatic heterocycles. The molecule has 0 aliphatic heterocycles. The molecule has 9 nitrogen and oxygen atoms in total. The van der Waals surface area contributed by atoms with Gasteiger partial charge < -0.3 is 24.6 Å². The number of ether oxygens (including phenoxy) is 3. The van der Waals surface area contributed by atoms with E-state index in [4.69, 9.17) is 14.2 Å². The summed E-state index contributed by atoms with van der Waals surface area (Å²) in [5.74, 6) is -2.63. The van der Waals surface area contributed by atoms with Crippen LogP contribution in [0.3, 0.4) is 0 Å². The number of hydrogen-bond acceptors (Lipinski definition) is 7. The van der Waals surface area contributed by atoms with Crippen LogP contribution < -0.4 is 5.32 Å². The summed E-state index contributed by atoms with van der Waals surface area (Å²) in [5, 5.41) is 12.5. The minimum absolute atomic E-state index is 0.0205. The maximum atomic E-state index is 13.1. The Balaban J connectivity index is 1.29. The van der Waals surface area contributed by atoms with Crippen molar-refractivity contribution in [3.63, 3.8) is 0 Å². The quantitative estimate of drug-likeness (QED) is 0.0450. The summed E-state index contributed by atoms with van der Waals surface area (Å²) in [5.41, 5.74) is 4.07. The van der Waals surface area contributed by atoms with Crippen molar-refractivity contribution in [2.75, 3.05) is 13.2 Å². The molecule has 2 aromatic carbocycles. The zero-order valence-electron chi connectivity index (χ0n) is 32.9. The highest BCUT2D eigenvalue weighted by molar-refractivity contribution is 5.82. The lowest BCUT2D eigenvalue weighted by Gasteiger charge is -2.26. The van der Waals surface area contributed by atoms with E-state index in [0.717, 1.165) is 42.4 Å². The van der Waals surface area contributed by atoms with Gasteiger partial charge in [0.1, 0.15) is 24.7 Å². The Labute approximate surface area is 317 Å². The summed E-state index contributed by atoms with van der Waals surface area (Å²) < 4.78 is 16.3. The number of carbonyl (C=O) groups is 4. The van der Waals surface area contributed by atoms with E-state index in [0.29, 0.717) is 6.42 Å². The van der Waals surface area contributed by atoms with Crippen LogP contribution in [0.2, 0.25) is 0 Å². The number of fused-ring (bicyclic) bond motifs is 3. The topological polar surface area (TPSA) is 128 Å². The van der Waals surface area contributed by atoms with Gasteiger partial charge in [0.2, 0.25) is 0 Å². The smallest absolute Gasteiger partial charge is 0.408 e. The minimum atomic E-state index is -1.47. The first-order valence-electron chi connectivity index (χ1n) is 20.2. The van der Waals surface area contributed by atoms with Crippen molar-refractivity contribution < 1.29 is 38.5 Å². The second-order valence-corrected chi connectivity index (χ2v) is 15.4. The fourth-order valence-corrected chi connectivity index (χ4v) is 6.83. The van der Waals surface area contributed by atoms with Gasteiger partial charge in [-0.25, -0.2) is 9.59 Å². The average Bonchev–Trinajstić information content (AvgIpc) is 3.53. The molecule has 53 heavy (non-hydrogen) atoms. The monoisotopic (exact) mass is 735 g/mol. The summed E-state index contributed by atoms with van der Waals surface area (Å²) in [6, 6.07) is 13.1. The molecule has 0 heterocycles. The lowest BCUT2D eigenvalue weighted by atomic mass is 9.88. The van der Waals surface area contributed by atoms with Gasteiger partial charge in [0, 0.05) is 12.8 Å². The summed E-state index contributed by atoms with van der Waals surface area (Å²) in [6.07, 6.45) is 19.0. The van der Waals surface area contributed by atoms with Gasteiger partial charge in [0.25, 0.3) is 0 Å². The zero-order valence-corrected chi connectivity index (χ0v) is 32.9. The van der Waals surface area contributed by atoms with Crippen molar-refractivity contribution in [2.24, 2.45) is 11.3 Å². The van der Waals surface area contributed by atoms with Crippen molar-refractivity contribution in [1.82, 2.24) is 5.32 Å². The van der Waals surface area contributed by atoms with E-state index in [1.54, 1.807) is 13.8 Å². The lowest BCUT2D eigenvalue weighted by molar-refractivity contribution is -0.162. The van der Waals surface area contributed by atoms with Gasteiger partial charge in [0.05, 0.1) is 6.61 Å². The molecule has 9 heteroatoms. The first-order chi connectivity index (χ1) is 25.6. The molecule has 2 aromatic rings. The van der Waals surface area contributed by atoms with Crippen LogP contribution in [0.1, 0.15) is 154 Å². The number of alkyl carbamates (subject to hydrolysis) is 1. The summed E-state index contributed by atoms with van der Waals surface area (Å²) in [4.78, 5) is 50.4. The molecule has 2 atom stereocenters. The van der Waals surface area contributed by atoms with Crippen molar-refractivity contribution >= 4 is 24.0 Å². The molecule has 0 spiro atoms. The van der Waals surface area contributed by atoms with E-state index >= 15 is 0 Å². The van der Waals surface area contributed by atoms with Crippen molar-refractivity contribution in [2.45, 2.75) is 156 Å². The first kappa shape index (κ1) is 43.5. The number of benzene rings is 2. The number of nitrogens with one attached hydrogen (secondary N) is 1. The van der Waals surface area contributed by atoms with Crippen LogP contribution in [0.5, 0.6) is 0 Å². The van der Waals surface area contributed by atoms with Crippen molar-refractivity contribution in [3.05, 3.63) is 59.2 Å². The number of carboxylic acids is 1. The number of esters is 2. The number of rotatable bonds is 27.